The van der Waals surface area contributed by atoms with Gasteiger partial charge in [-0.15, -0.1) is 11.6 Å². The van der Waals surface area contributed by atoms with Gasteiger partial charge in [-0.2, -0.15) is 0 Å². The fourth-order valence-corrected chi connectivity index (χ4v) is 3.76. The third kappa shape index (κ3) is 3.58. The summed E-state index contributed by atoms with van der Waals surface area (Å²) in [5.74, 6) is -0.0956. The van der Waals surface area contributed by atoms with Gasteiger partial charge in [-0.3, -0.25) is 0 Å². The molecular formula is C15H15ClO2S. The Morgan fingerprint density at radius 2 is 1.58 bits per heavy atom. The lowest BCUT2D eigenvalue weighted by Gasteiger charge is -2.10. The van der Waals surface area contributed by atoms with Crippen LogP contribution in [0.2, 0.25) is 0 Å². The van der Waals surface area contributed by atoms with Crippen LogP contribution in [0.4, 0.5) is 0 Å². The molecule has 100 valence electrons. The first-order chi connectivity index (χ1) is 8.99. The molecular weight excluding hydrogens is 280 g/mol. The van der Waals surface area contributed by atoms with Crippen LogP contribution in [0, 0.1) is 6.92 Å². The number of rotatable bonds is 4. The van der Waals surface area contributed by atoms with E-state index in [1.54, 1.807) is 24.3 Å². The van der Waals surface area contributed by atoms with E-state index in [9.17, 15) is 8.42 Å². The van der Waals surface area contributed by atoms with Gasteiger partial charge in [-0.1, -0.05) is 48.0 Å². The highest BCUT2D eigenvalue weighted by molar-refractivity contribution is 7.91. The van der Waals surface area contributed by atoms with Crippen molar-refractivity contribution in [1.82, 2.24) is 0 Å². The minimum atomic E-state index is -3.36. The van der Waals surface area contributed by atoms with Gasteiger partial charge in [-0.25, -0.2) is 8.42 Å². The normalized spacial score (nSPS) is 13.2. The quantitative estimate of drug-likeness (QED) is 0.805. The van der Waals surface area contributed by atoms with Gasteiger partial charge in [0.15, 0.2) is 9.84 Å². The third-order valence-corrected chi connectivity index (χ3v) is 5.26. The van der Waals surface area contributed by atoms with E-state index in [1.807, 2.05) is 37.3 Å². The minimum Gasteiger partial charge on any atom is -0.224 e. The molecule has 2 aromatic rings. The minimum absolute atomic E-state index is 0.0956. The molecule has 0 bridgehead atoms. The zero-order valence-electron chi connectivity index (χ0n) is 10.6. The Labute approximate surface area is 119 Å². The molecule has 0 fully saturated rings. The molecule has 0 heterocycles. The lowest BCUT2D eigenvalue weighted by atomic mass is 10.2. The van der Waals surface area contributed by atoms with Crippen molar-refractivity contribution in [3.05, 3.63) is 65.7 Å². The Balaban J connectivity index is 2.20. The number of hydrogen-bond donors (Lipinski definition) is 0. The molecule has 2 rings (SSSR count). The van der Waals surface area contributed by atoms with E-state index in [-0.39, 0.29) is 5.75 Å². The fourth-order valence-electron chi connectivity index (χ4n) is 1.79. The molecule has 19 heavy (non-hydrogen) atoms. The average Bonchev–Trinajstić information content (AvgIpc) is 2.40. The molecule has 1 atom stereocenters. The Morgan fingerprint density at radius 1 is 1.00 bits per heavy atom. The zero-order chi connectivity index (χ0) is 13.9. The predicted octanol–water partition coefficient (Wildman–Crippen LogP) is 3.75. The van der Waals surface area contributed by atoms with Crippen LogP contribution in [0.15, 0.2) is 59.5 Å². The summed E-state index contributed by atoms with van der Waals surface area (Å²) >= 11 is 6.19. The molecule has 0 saturated carbocycles. The van der Waals surface area contributed by atoms with E-state index in [0.29, 0.717) is 4.90 Å². The van der Waals surface area contributed by atoms with Crippen LogP contribution in [0.3, 0.4) is 0 Å². The third-order valence-electron chi connectivity index (χ3n) is 2.91. The molecule has 2 aromatic carbocycles. The van der Waals surface area contributed by atoms with E-state index in [1.165, 1.54) is 0 Å². The Morgan fingerprint density at radius 3 is 2.16 bits per heavy atom. The summed E-state index contributed by atoms with van der Waals surface area (Å²) in [6.07, 6.45) is 0. The van der Waals surface area contributed by atoms with E-state index in [0.717, 1.165) is 11.1 Å². The maximum atomic E-state index is 12.2. The number of halogens is 1. The van der Waals surface area contributed by atoms with Crippen molar-refractivity contribution in [2.45, 2.75) is 17.2 Å². The molecule has 0 aliphatic carbocycles. The number of hydrogen-bond acceptors (Lipinski definition) is 2. The van der Waals surface area contributed by atoms with Crippen molar-refractivity contribution in [3.63, 3.8) is 0 Å². The number of benzene rings is 2. The van der Waals surface area contributed by atoms with Crippen molar-refractivity contribution in [2.75, 3.05) is 5.75 Å². The van der Waals surface area contributed by atoms with E-state index in [2.05, 4.69) is 0 Å². The summed E-state index contributed by atoms with van der Waals surface area (Å²) in [7, 11) is -3.36. The topological polar surface area (TPSA) is 34.1 Å². The molecule has 0 radical (unpaired) electrons. The molecule has 2 nitrogen and oxygen atoms in total. The second kappa shape index (κ2) is 5.76. The maximum absolute atomic E-state index is 12.2. The maximum Gasteiger partial charge on any atom is 0.180 e. The summed E-state index contributed by atoms with van der Waals surface area (Å²) in [5.41, 5.74) is 1.85. The Bertz CT molecular complexity index is 634. The van der Waals surface area contributed by atoms with Crippen molar-refractivity contribution >= 4 is 21.4 Å². The highest BCUT2D eigenvalue weighted by Gasteiger charge is 2.20. The summed E-state index contributed by atoms with van der Waals surface area (Å²) in [5, 5.41) is -0.535. The smallest absolute Gasteiger partial charge is 0.180 e. The number of sulfone groups is 1. The molecule has 0 aromatic heterocycles. The predicted molar refractivity (Wildman–Crippen MR) is 78.3 cm³/mol. The van der Waals surface area contributed by atoms with Crippen molar-refractivity contribution in [2.24, 2.45) is 0 Å². The van der Waals surface area contributed by atoms with Gasteiger partial charge in [0.2, 0.25) is 0 Å². The molecule has 0 spiro atoms. The molecule has 0 aliphatic heterocycles. The van der Waals surface area contributed by atoms with Crippen LogP contribution in [0.25, 0.3) is 0 Å². The van der Waals surface area contributed by atoms with Crippen molar-refractivity contribution in [1.29, 1.82) is 0 Å². The van der Waals surface area contributed by atoms with Gasteiger partial charge in [0, 0.05) is 0 Å². The standard InChI is InChI=1S/C15H15ClO2S/c1-12-7-9-14(10-8-12)19(17,18)11-15(16)13-5-3-2-4-6-13/h2-10,15H,11H2,1H3/t15-/m0/s1. The lowest BCUT2D eigenvalue weighted by Crippen LogP contribution is -2.11. The summed E-state index contributed by atoms with van der Waals surface area (Å²) < 4.78 is 24.5. The first-order valence-electron chi connectivity index (χ1n) is 5.97. The second-order valence-corrected chi connectivity index (χ2v) is 7.03. The van der Waals surface area contributed by atoms with E-state index in [4.69, 9.17) is 11.6 Å². The van der Waals surface area contributed by atoms with Crippen LogP contribution >= 0.6 is 11.6 Å². The van der Waals surface area contributed by atoms with Gasteiger partial charge in [-0.05, 0) is 24.6 Å². The largest absolute Gasteiger partial charge is 0.224 e. The molecule has 0 aliphatic rings. The Hall–Kier alpha value is -1.32. The Kier molecular flexibility index (Phi) is 4.27. The van der Waals surface area contributed by atoms with Gasteiger partial charge < -0.3 is 0 Å². The fraction of sp³-hybridized carbons (Fsp3) is 0.200. The average molecular weight is 295 g/mol. The van der Waals surface area contributed by atoms with Crippen molar-refractivity contribution in [3.8, 4) is 0 Å². The molecule has 0 saturated heterocycles. The van der Waals surface area contributed by atoms with Crippen LogP contribution in [-0.2, 0) is 9.84 Å². The van der Waals surface area contributed by atoms with Gasteiger partial charge >= 0.3 is 0 Å². The van der Waals surface area contributed by atoms with Gasteiger partial charge in [0.05, 0.1) is 16.0 Å². The van der Waals surface area contributed by atoms with Crippen LogP contribution in [0.1, 0.15) is 16.5 Å². The molecule has 0 N–H and O–H groups in total. The molecule has 0 unspecified atom stereocenters. The van der Waals surface area contributed by atoms with Crippen LogP contribution in [-0.4, -0.2) is 14.2 Å². The highest BCUT2D eigenvalue weighted by Crippen LogP contribution is 2.25. The molecule has 4 heteroatoms. The SMILES string of the molecule is Cc1ccc(S(=O)(=O)C[C@H](Cl)c2ccccc2)cc1. The summed E-state index contributed by atoms with van der Waals surface area (Å²) in [4.78, 5) is 0.319. The van der Waals surface area contributed by atoms with Gasteiger partial charge in [0.1, 0.15) is 0 Å². The van der Waals surface area contributed by atoms with Crippen LogP contribution < -0.4 is 0 Å². The summed E-state index contributed by atoms with van der Waals surface area (Å²) in [6.45, 7) is 1.92. The molecule has 0 amide bonds. The van der Waals surface area contributed by atoms with E-state index >= 15 is 0 Å². The highest BCUT2D eigenvalue weighted by atomic mass is 35.5. The summed E-state index contributed by atoms with van der Waals surface area (Å²) in [6, 6.07) is 16.1. The lowest BCUT2D eigenvalue weighted by molar-refractivity contribution is 0.594. The number of aryl methyl sites for hydroxylation is 1. The van der Waals surface area contributed by atoms with Crippen molar-refractivity contribution < 1.29 is 8.42 Å². The zero-order valence-corrected chi connectivity index (χ0v) is 12.2. The second-order valence-electron chi connectivity index (χ2n) is 4.47. The monoisotopic (exact) mass is 294 g/mol. The van der Waals surface area contributed by atoms with Crippen LogP contribution in [0.5, 0.6) is 0 Å². The first-order valence-corrected chi connectivity index (χ1v) is 8.06. The number of alkyl halides is 1. The van der Waals surface area contributed by atoms with Gasteiger partial charge in [0.25, 0.3) is 0 Å². The first kappa shape index (κ1) is 14.1. The van der Waals surface area contributed by atoms with E-state index < -0.39 is 15.2 Å².